The quantitative estimate of drug-likeness (QED) is 0.749. The van der Waals surface area contributed by atoms with Crippen LogP contribution in [0, 0.1) is 0 Å². The first kappa shape index (κ1) is 11.5. The van der Waals surface area contributed by atoms with Crippen molar-refractivity contribution in [2.24, 2.45) is 0 Å². The van der Waals surface area contributed by atoms with E-state index in [1.807, 2.05) is 41.3 Å². The van der Waals surface area contributed by atoms with Crippen molar-refractivity contribution < 1.29 is 9.53 Å². The summed E-state index contributed by atoms with van der Waals surface area (Å²) in [5.74, 6) is 0.542. The molecule has 0 saturated carbocycles. The minimum atomic E-state index is 0.105. The molecular formula is C18H15NO2. The molecule has 0 radical (unpaired) electrons. The number of carbonyl (C=O) groups is 1. The molecule has 1 amide bonds. The summed E-state index contributed by atoms with van der Waals surface area (Å²) in [6.45, 7) is 0.784. The van der Waals surface area contributed by atoms with Crippen LogP contribution in [0.1, 0.15) is 39.9 Å². The molecule has 1 saturated heterocycles. The van der Waals surface area contributed by atoms with Gasteiger partial charge < -0.3 is 9.64 Å². The van der Waals surface area contributed by atoms with Gasteiger partial charge in [0.25, 0.3) is 5.91 Å². The number of hydrogen-bond acceptors (Lipinski definition) is 2. The van der Waals surface area contributed by atoms with Crippen LogP contribution in [0.25, 0.3) is 0 Å². The number of anilines is 1. The minimum Gasteiger partial charge on any atom is -0.364 e. The number of epoxide rings is 1. The zero-order valence-electron chi connectivity index (χ0n) is 11.5. The van der Waals surface area contributed by atoms with Gasteiger partial charge in [-0.15, -0.1) is 0 Å². The van der Waals surface area contributed by atoms with Gasteiger partial charge >= 0.3 is 0 Å². The number of benzene rings is 2. The van der Waals surface area contributed by atoms with Crippen LogP contribution in [0.5, 0.6) is 0 Å². The van der Waals surface area contributed by atoms with E-state index >= 15 is 0 Å². The van der Waals surface area contributed by atoms with Crippen molar-refractivity contribution in [2.45, 2.75) is 24.5 Å². The Labute approximate surface area is 123 Å². The zero-order chi connectivity index (χ0) is 14.0. The van der Waals surface area contributed by atoms with Crippen LogP contribution in [0.4, 0.5) is 5.69 Å². The number of ether oxygens (including phenoxy) is 1. The maximum absolute atomic E-state index is 12.8. The molecule has 21 heavy (non-hydrogen) atoms. The number of nitrogens with zero attached hydrogens (tertiary/aromatic N) is 1. The van der Waals surface area contributed by atoms with Crippen LogP contribution < -0.4 is 4.90 Å². The molecule has 2 heterocycles. The first-order valence-electron chi connectivity index (χ1n) is 7.48. The van der Waals surface area contributed by atoms with Crippen molar-refractivity contribution in [2.75, 3.05) is 11.4 Å². The summed E-state index contributed by atoms with van der Waals surface area (Å²) < 4.78 is 5.74. The number of hydrogen-bond donors (Lipinski definition) is 0. The monoisotopic (exact) mass is 277 g/mol. The molecule has 0 bridgehead atoms. The Morgan fingerprint density at radius 1 is 1.10 bits per heavy atom. The second-order valence-corrected chi connectivity index (χ2v) is 6.09. The fourth-order valence-electron chi connectivity index (χ4n) is 3.91. The normalized spacial score (nSPS) is 28.0. The van der Waals surface area contributed by atoms with E-state index in [0.29, 0.717) is 12.0 Å². The van der Waals surface area contributed by atoms with Gasteiger partial charge in [-0.1, -0.05) is 30.3 Å². The Morgan fingerprint density at radius 2 is 1.95 bits per heavy atom. The van der Waals surface area contributed by atoms with Crippen molar-refractivity contribution in [3.05, 3.63) is 65.2 Å². The minimum absolute atomic E-state index is 0.105. The van der Waals surface area contributed by atoms with E-state index in [0.717, 1.165) is 24.2 Å². The van der Waals surface area contributed by atoms with Gasteiger partial charge in [0.1, 0.15) is 6.10 Å². The van der Waals surface area contributed by atoms with Crippen LogP contribution in [0.15, 0.2) is 48.5 Å². The summed E-state index contributed by atoms with van der Waals surface area (Å²) in [6.07, 6.45) is 1.71. The molecular weight excluding hydrogens is 262 g/mol. The van der Waals surface area contributed by atoms with Gasteiger partial charge in [0, 0.05) is 23.7 Å². The first-order chi connectivity index (χ1) is 10.3. The predicted octanol–water partition coefficient (Wildman–Crippen LogP) is 3.27. The number of carbonyl (C=O) groups excluding carboxylic acids is 1. The van der Waals surface area contributed by atoms with Gasteiger partial charge in [0.05, 0.1) is 6.10 Å². The van der Waals surface area contributed by atoms with Crippen LogP contribution in [-0.4, -0.2) is 18.6 Å². The molecule has 0 N–H and O–H groups in total. The zero-order valence-corrected chi connectivity index (χ0v) is 11.5. The second-order valence-electron chi connectivity index (χ2n) is 6.09. The average molecular weight is 277 g/mol. The number of amides is 1. The highest BCUT2D eigenvalue weighted by molar-refractivity contribution is 6.07. The SMILES string of the molecule is O=C(c1ccccc1)N1C[C@@H]2C[C@H]3O[C@H]3c3cccc1c32. The Bertz CT molecular complexity index is 740. The summed E-state index contributed by atoms with van der Waals surface area (Å²) in [5, 5.41) is 0. The summed E-state index contributed by atoms with van der Waals surface area (Å²) in [6, 6.07) is 15.8. The lowest BCUT2D eigenvalue weighted by Crippen LogP contribution is -2.30. The molecule has 3 aliphatic rings. The standard InChI is InChI=1S/C18H15NO2/c20-18(11-5-2-1-3-6-11)19-10-12-9-15-17(21-15)13-7-4-8-14(19)16(12)13/h1-8,12,15,17H,9-10H2/t12-,15+,17-/m0/s1. The van der Waals surface area contributed by atoms with E-state index in [-0.39, 0.29) is 12.0 Å². The molecule has 1 fully saturated rings. The highest BCUT2D eigenvalue weighted by atomic mass is 16.6. The molecule has 3 atom stereocenters. The smallest absolute Gasteiger partial charge is 0.258 e. The molecule has 2 aromatic rings. The first-order valence-corrected chi connectivity index (χ1v) is 7.48. The third kappa shape index (κ3) is 1.55. The average Bonchev–Trinajstić information content (AvgIpc) is 3.23. The van der Waals surface area contributed by atoms with Crippen LogP contribution in [-0.2, 0) is 4.74 Å². The fraction of sp³-hybridized carbons (Fsp3) is 0.278. The highest BCUT2D eigenvalue weighted by Gasteiger charge is 2.51. The molecule has 2 aliphatic heterocycles. The maximum Gasteiger partial charge on any atom is 0.258 e. The summed E-state index contributed by atoms with van der Waals surface area (Å²) >= 11 is 0. The van der Waals surface area contributed by atoms with E-state index in [1.54, 1.807) is 0 Å². The van der Waals surface area contributed by atoms with Crippen molar-refractivity contribution in [1.82, 2.24) is 0 Å². The number of fused-ring (bicyclic) bond motifs is 2. The lowest BCUT2D eigenvalue weighted by molar-refractivity contribution is 0.0987. The van der Waals surface area contributed by atoms with Crippen molar-refractivity contribution in [3.63, 3.8) is 0 Å². The topological polar surface area (TPSA) is 32.8 Å². The van der Waals surface area contributed by atoms with Gasteiger partial charge in [-0.05, 0) is 35.7 Å². The molecule has 0 aromatic heterocycles. The van der Waals surface area contributed by atoms with E-state index in [4.69, 9.17) is 4.74 Å². The summed E-state index contributed by atoms with van der Waals surface area (Å²) in [5.41, 5.74) is 4.49. The molecule has 1 aliphatic carbocycles. The molecule has 3 heteroatoms. The summed E-state index contributed by atoms with van der Waals surface area (Å²) in [7, 11) is 0. The van der Waals surface area contributed by atoms with E-state index in [9.17, 15) is 4.79 Å². The number of rotatable bonds is 1. The molecule has 0 spiro atoms. The van der Waals surface area contributed by atoms with Crippen LogP contribution >= 0.6 is 0 Å². The maximum atomic E-state index is 12.8. The summed E-state index contributed by atoms with van der Waals surface area (Å²) in [4.78, 5) is 14.7. The largest absolute Gasteiger partial charge is 0.364 e. The lowest BCUT2D eigenvalue weighted by atomic mass is 9.84. The highest BCUT2D eigenvalue weighted by Crippen LogP contribution is 2.56. The Hall–Kier alpha value is -2.13. The Morgan fingerprint density at radius 3 is 2.81 bits per heavy atom. The van der Waals surface area contributed by atoms with E-state index < -0.39 is 0 Å². The fourth-order valence-corrected chi connectivity index (χ4v) is 3.91. The van der Waals surface area contributed by atoms with Gasteiger partial charge in [-0.3, -0.25) is 4.79 Å². The second kappa shape index (κ2) is 3.95. The molecule has 5 rings (SSSR count). The van der Waals surface area contributed by atoms with Crippen molar-refractivity contribution in [3.8, 4) is 0 Å². The third-order valence-corrected chi connectivity index (χ3v) is 4.89. The third-order valence-electron chi connectivity index (χ3n) is 4.89. The molecule has 3 nitrogen and oxygen atoms in total. The van der Waals surface area contributed by atoms with Gasteiger partial charge in [-0.2, -0.15) is 0 Å². The van der Waals surface area contributed by atoms with Crippen LogP contribution in [0.3, 0.4) is 0 Å². The van der Waals surface area contributed by atoms with Crippen molar-refractivity contribution >= 4 is 11.6 Å². The van der Waals surface area contributed by atoms with Gasteiger partial charge in [-0.25, -0.2) is 0 Å². The van der Waals surface area contributed by atoms with E-state index in [1.165, 1.54) is 11.1 Å². The van der Waals surface area contributed by atoms with Crippen LogP contribution in [0.2, 0.25) is 0 Å². The molecule has 104 valence electrons. The predicted molar refractivity (Wildman–Crippen MR) is 79.5 cm³/mol. The molecule has 0 unspecified atom stereocenters. The van der Waals surface area contributed by atoms with E-state index in [2.05, 4.69) is 12.1 Å². The van der Waals surface area contributed by atoms with Gasteiger partial charge in [0.15, 0.2) is 0 Å². The van der Waals surface area contributed by atoms with Crippen molar-refractivity contribution in [1.29, 1.82) is 0 Å². The lowest BCUT2D eigenvalue weighted by Gasteiger charge is -2.17. The molecule has 2 aromatic carbocycles. The Kier molecular flexibility index (Phi) is 2.17. The Balaban J connectivity index is 1.59. The van der Waals surface area contributed by atoms with Gasteiger partial charge in [0.2, 0.25) is 0 Å².